The van der Waals surface area contributed by atoms with Gasteiger partial charge in [-0.15, -0.1) is 0 Å². The molecule has 0 amide bonds. The first-order chi connectivity index (χ1) is 27.8. The van der Waals surface area contributed by atoms with Gasteiger partial charge >= 0.3 is 23.9 Å². The van der Waals surface area contributed by atoms with E-state index in [1.807, 2.05) is 13.8 Å². The number of aliphatic hydroxyl groups excluding tert-OH is 5. The molecule has 5 aliphatic carbocycles. The third-order valence-electron chi connectivity index (χ3n) is 17.6. The van der Waals surface area contributed by atoms with Crippen molar-refractivity contribution in [2.45, 2.75) is 167 Å². The van der Waals surface area contributed by atoms with Gasteiger partial charge in [-0.2, -0.15) is 0 Å². The van der Waals surface area contributed by atoms with Gasteiger partial charge < -0.3 is 64.5 Å². The molecule has 4 saturated carbocycles. The number of aliphatic carboxylic acids is 3. The zero-order valence-corrected chi connectivity index (χ0v) is 34.6. The molecule has 8 N–H and O–H groups in total. The monoisotopic (exact) mass is 850 g/mol. The van der Waals surface area contributed by atoms with E-state index in [-0.39, 0.29) is 30.5 Å². The van der Waals surface area contributed by atoms with E-state index in [2.05, 4.69) is 27.7 Å². The van der Waals surface area contributed by atoms with E-state index in [4.69, 9.17) is 23.7 Å². The van der Waals surface area contributed by atoms with Crippen LogP contribution in [0.25, 0.3) is 0 Å². The van der Waals surface area contributed by atoms with Crippen molar-refractivity contribution in [3.05, 3.63) is 11.6 Å². The third kappa shape index (κ3) is 5.73. The molecule has 334 valence electrons. The minimum absolute atomic E-state index is 0.0466. The molecule has 0 spiro atoms. The van der Waals surface area contributed by atoms with Crippen molar-refractivity contribution in [2.24, 2.45) is 50.2 Å². The van der Waals surface area contributed by atoms with E-state index in [1.165, 1.54) is 0 Å². The third-order valence-corrected chi connectivity index (χ3v) is 17.6. The summed E-state index contributed by atoms with van der Waals surface area (Å²) in [4.78, 5) is 64.7. The molecule has 0 aromatic rings. The fourth-order valence-electron chi connectivity index (χ4n) is 13.9. The Morgan fingerprint density at radius 2 is 1.32 bits per heavy atom. The summed E-state index contributed by atoms with van der Waals surface area (Å²) in [6.07, 6.45) is -15.6. The second kappa shape index (κ2) is 14.0. The Hall–Kier alpha value is -3.07. The Balaban J connectivity index is 1.08. The van der Waals surface area contributed by atoms with Crippen molar-refractivity contribution >= 4 is 29.7 Å². The maximum atomic E-state index is 14.9. The van der Waals surface area contributed by atoms with Crippen molar-refractivity contribution in [2.75, 3.05) is 0 Å². The van der Waals surface area contributed by atoms with Gasteiger partial charge in [0.1, 0.15) is 42.7 Å². The van der Waals surface area contributed by atoms with E-state index in [0.717, 1.165) is 12.0 Å². The predicted molar refractivity (Wildman–Crippen MR) is 199 cm³/mol. The molecule has 60 heavy (non-hydrogen) atoms. The fraction of sp³-hybridized carbons (Fsp3) is 0.833. The second-order valence-electron chi connectivity index (χ2n) is 20.6. The van der Waals surface area contributed by atoms with Crippen molar-refractivity contribution in [1.29, 1.82) is 0 Å². The van der Waals surface area contributed by atoms with E-state index in [1.54, 1.807) is 6.08 Å². The lowest BCUT2D eigenvalue weighted by atomic mass is 9.33. The van der Waals surface area contributed by atoms with Gasteiger partial charge in [0, 0.05) is 17.8 Å². The molecule has 18 nitrogen and oxygen atoms in total. The number of ether oxygens (including phenoxy) is 5. The number of aliphatic hydroxyl groups is 5. The summed E-state index contributed by atoms with van der Waals surface area (Å²) in [5.74, 6) is -6.20. The number of rotatable bonds is 7. The Morgan fingerprint density at radius 1 is 0.700 bits per heavy atom. The van der Waals surface area contributed by atoms with Crippen LogP contribution in [0, 0.1) is 50.2 Å². The molecule has 0 aromatic carbocycles. The molecule has 8 aliphatic rings. The van der Waals surface area contributed by atoms with Gasteiger partial charge in [-0.1, -0.05) is 47.1 Å². The zero-order chi connectivity index (χ0) is 44.0. The molecule has 3 heterocycles. The summed E-state index contributed by atoms with van der Waals surface area (Å²) in [6.45, 7) is 12.5. The van der Waals surface area contributed by atoms with Crippen LogP contribution in [0.2, 0.25) is 0 Å². The van der Waals surface area contributed by atoms with Gasteiger partial charge in [0.05, 0.1) is 6.10 Å². The van der Waals surface area contributed by atoms with Crippen LogP contribution >= 0.6 is 0 Å². The normalized spacial score (nSPS) is 53.0. The van der Waals surface area contributed by atoms with E-state index in [0.29, 0.717) is 32.1 Å². The molecule has 20 unspecified atom stereocenters. The SMILES string of the molecule is CC1(C)C(OC2OC(C(=O)O)C(O)C(O)C2OC2OC(C(=O)O)C(O)C(O)C2O)CCC2(C)C1CCC1(C)C2C(=O)C=C2C3CC4(C(=O)O)CC(OC4=O)C3(C)CCC21C. The lowest BCUT2D eigenvalue weighted by molar-refractivity contribution is -0.371. The van der Waals surface area contributed by atoms with Crippen LogP contribution in [0.15, 0.2) is 11.6 Å². The van der Waals surface area contributed by atoms with Crippen LogP contribution in [-0.4, -0.2) is 144 Å². The topological polar surface area (TPSA) is 293 Å². The van der Waals surface area contributed by atoms with Crippen LogP contribution in [0.4, 0.5) is 0 Å². The molecule has 2 bridgehead atoms. The molecular weight excluding hydrogens is 792 g/mol. The second-order valence-corrected chi connectivity index (χ2v) is 20.6. The number of ketones is 1. The Labute approximate surface area is 346 Å². The van der Waals surface area contributed by atoms with E-state index >= 15 is 0 Å². The van der Waals surface area contributed by atoms with Crippen molar-refractivity contribution in [3.8, 4) is 0 Å². The number of esters is 1. The first-order valence-corrected chi connectivity index (χ1v) is 21.0. The van der Waals surface area contributed by atoms with Crippen LogP contribution in [0.3, 0.4) is 0 Å². The Bertz CT molecular complexity index is 1880. The average molecular weight is 851 g/mol. The largest absolute Gasteiger partial charge is 0.480 e. The van der Waals surface area contributed by atoms with Gasteiger partial charge in [0.25, 0.3) is 0 Å². The predicted octanol–water partition coefficient (Wildman–Crippen LogP) is 0.761. The minimum atomic E-state index is -2.07. The summed E-state index contributed by atoms with van der Waals surface area (Å²) >= 11 is 0. The number of fused-ring (bicyclic) bond motifs is 10. The summed E-state index contributed by atoms with van der Waals surface area (Å²) in [7, 11) is 0. The van der Waals surface area contributed by atoms with Crippen molar-refractivity contribution in [3.63, 3.8) is 0 Å². The molecule has 3 saturated heterocycles. The van der Waals surface area contributed by atoms with Crippen molar-refractivity contribution < 1.29 is 88.5 Å². The highest BCUT2D eigenvalue weighted by molar-refractivity contribution is 6.01. The Morgan fingerprint density at radius 3 is 1.93 bits per heavy atom. The molecule has 3 aliphatic heterocycles. The molecular formula is C42H58O18. The number of carboxylic acids is 3. The quantitative estimate of drug-likeness (QED) is 0.0997. The van der Waals surface area contributed by atoms with Gasteiger partial charge in [0.2, 0.25) is 0 Å². The molecule has 7 fully saturated rings. The number of carbonyl (C=O) groups excluding carboxylic acids is 2. The zero-order valence-electron chi connectivity index (χ0n) is 34.6. The standard InChI is InChI=1S/C42H58O18/c1-37(2)19-7-10-41(6)30(18(43)13-16-17-14-42(35(53)54)15-21(57-36(42)55)38(17,3)11-12-40(16,41)5)39(19,4)9-8-20(37)56-34-29(25(47)24(46)28(59-34)32(51)52)60-33-26(48)22(44)23(45)27(58-33)31(49)50/h13,17,19-30,33-34,44-48H,7-12,14-15H2,1-6H3,(H,49,50)(H,51,52)(H,53,54). The van der Waals surface area contributed by atoms with Gasteiger partial charge in [-0.05, 0) is 84.5 Å². The first-order valence-electron chi connectivity index (χ1n) is 21.0. The average Bonchev–Trinajstić information content (AvgIpc) is 3.47. The number of carboxylic acid groups (broad SMARTS) is 3. The summed E-state index contributed by atoms with van der Waals surface area (Å²) < 4.78 is 29.1. The number of allylic oxidation sites excluding steroid dienone is 2. The van der Waals surface area contributed by atoms with Crippen LogP contribution in [-0.2, 0) is 47.7 Å². The molecule has 20 atom stereocenters. The maximum absolute atomic E-state index is 14.9. The highest BCUT2D eigenvalue weighted by Gasteiger charge is 2.74. The highest BCUT2D eigenvalue weighted by atomic mass is 16.8. The number of hydrogen-bond donors (Lipinski definition) is 8. The summed E-state index contributed by atoms with van der Waals surface area (Å²) in [6, 6.07) is 0. The van der Waals surface area contributed by atoms with Crippen molar-refractivity contribution in [1.82, 2.24) is 0 Å². The highest BCUT2D eigenvalue weighted by Crippen LogP contribution is 2.76. The summed E-state index contributed by atoms with van der Waals surface area (Å²) in [5, 5.41) is 83.1. The lowest BCUT2D eigenvalue weighted by Crippen LogP contribution is -2.68. The molecule has 0 radical (unpaired) electrons. The van der Waals surface area contributed by atoms with Crippen LogP contribution < -0.4 is 0 Å². The van der Waals surface area contributed by atoms with Gasteiger partial charge in [-0.25, -0.2) is 9.59 Å². The molecule has 8 rings (SSSR count). The first kappa shape index (κ1) is 43.6. The van der Waals surface area contributed by atoms with Crippen LogP contribution in [0.5, 0.6) is 0 Å². The Kier molecular flexibility index (Phi) is 10.1. The minimum Gasteiger partial charge on any atom is -0.480 e. The molecule has 0 aromatic heterocycles. The smallest absolute Gasteiger partial charge is 0.335 e. The summed E-state index contributed by atoms with van der Waals surface area (Å²) in [5.41, 5.74) is -3.65. The maximum Gasteiger partial charge on any atom is 0.335 e. The molecule has 18 heteroatoms. The van der Waals surface area contributed by atoms with Crippen LogP contribution in [0.1, 0.15) is 92.9 Å². The number of hydrogen-bond acceptors (Lipinski definition) is 15. The number of carbonyl (C=O) groups is 5. The fourth-order valence-corrected chi connectivity index (χ4v) is 13.9. The van der Waals surface area contributed by atoms with Gasteiger partial charge in [0.15, 0.2) is 36.0 Å². The van der Waals surface area contributed by atoms with E-state index < -0.39 is 136 Å². The van der Waals surface area contributed by atoms with E-state index in [9.17, 15) is 64.8 Å². The van der Waals surface area contributed by atoms with Gasteiger partial charge in [-0.3, -0.25) is 14.4 Å². The lowest BCUT2D eigenvalue weighted by Gasteiger charge is -2.70.